The molecule has 2 heterocycles. The second-order valence-corrected chi connectivity index (χ2v) is 5.55. The number of hydrogen-bond acceptors (Lipinski definition) is 4. The quantitative estimate of drug-likeness (QED) is 0.799. The highest BCUT2D eigenvalue weighted by atomic mass is 16.5. The molecule has 1 aromatic rings. The maximum Gasteiger partial charge on any atom is 0.296 e. The molecular formula is C17H19NO4. The van der Waals surface area contributed by atoms with Crippen LogP contribution in [0.15, 0.2) is 41.7 Å². The van der Waals surface area contributed by atoms with Crippen molar-refractivity contribution in [3.05, 3.63) is 47.2 Å². The summed E-state index contributed by atoms with van der Waals surface area (Å²) in [6, 6.07) is 9.51. The van der Waals surface area contributed by atoms with Gasteiger partial charge in [0, 0.05) is 19.3 Å². The molecule has 2 aliphatic heterocycles. The van der Waals surface area contributed by atoms with Crippen molar-refractivity contribution in [2.45, 2.75) is 32.4 Å². The standard InChI is InChI=1S/C17H19NO4/c1-12-15(22-11-13-5-3-2-4-6-13)17(20)18(16(12)19)14-7-9-21-10-8-14/h2-6,14H,7-11H2,1H3. The SMILES string of the molecule is CC1=C(OCc2ccccc2)C(=O)N(C2CCOCC2)C1=O. The maximum absolute atomic E-state index is 12.5. The third-order valence-electron chi connectivity index (χ3n) is 4.08. The second kappa shape index (κ2) is 6.32. The van der Waals surface area contributed by atoms with Crippen LogP contribution in [0.25, 0.3) is 0 Å². The highest BCUT2D eigenvalue weighted by molar-refractivity contribution is 6.18. The van der Waals surface area contributed by atoms with Crippen LogP contribution in [-0.2, 0) is 25.7 Å². The monoisotopic (exact) mass is 301 g/mol. The number of carbonyl (C=O) groups is 2. The smallest absolute Gasteiger partial charge is 0.296 e. The Morgan fingerprint density at radius 1 is 1.14 bits per heavy atom. The minimum absolute atomic E-state index is 0.0819. The highest BCUT2D eigenvalue weighted by Crippen LogP contribution is 2.27. The van der Waals surface area contributed by atoms with Crippen LogP contribution in [0, 0.1) is 0 Å². The number of carbonyl (C=O) groups excluding carboxylic acids is 2. The summed E-state index contributed by atoms with van der Waals surface area (Å²) >= 11 is 0. The van der Waals surface area contributed by atoms with E-state index in [0.717, 1.165) is 5.56 Å². The van der Waals surface area contributed by atoms with E-state index in [-0.39, 0.29) is 30.2 Å². The molecule has 1 fully saturated rings. The molecule has 2 aliphatic rings. The molecule has 116 valence electrons. The molecule has 0 spiro atoms. The Kier molecular flexibility index (Phi) is 4.24. The molecule has 5 heteroatoms. The van der Waals surface area contributed by atoms with Crippen LogP contribution in [0.1, 0.15) is 25.3 Å². The number of rotatable bonds is 4. The normalized spacial score (nSPS) is 20.0. The van der Waals surface area contributed by atoms with Crippen LogP contribution < -0.4 is 0 Å². The number of hydrogen-bond donors (Lipinski definition) is 0. The van der Waals surface area contributed by atoms with Crippen LogP contribution in [0.2, 0.25) is 0 Å². The average Bonchev–Trinajstić information content (AvgIpc) is 2.77. The van der Waals surface area contributed by atoms with Crippen molar-refractivity contribution >= 4 is 11.8 Å². The third-order valence-corrected chi connectivity index (χ3v) is 4.08. The molecule has 2 amide bonds. The van der Waals surface area contributed by atoms with Crippen molar-refractivity contribution in [3.63, 3.8) is 0 Å². The molecule has 22 heavy (non-hydrogen) atoms. The van der Waals surface area contributed by atoms with Gasteiger partial charge >= 0.3 is 0 Å². The van der Waals surface area contributed by atoms with Gasteiger partial charge in [-0.1, -0.05) is 30.3 Å². The Morgan fingerprint density at radius 2 is 1.82 bits per heavy atom. The minimum atomic E-state index is -0.315. The first-order valence-corrected chi connectivity index (χ1v) is 7.51. The van der Waals surface area contributed by atoms with E-state index in [1.54, 1.807) is 6.92 Å². The van der Waals surface area contributed by atoms with E-state index in [9.17, 15) is 9.59 Å². The van der Waals surface area contributed by atoms with E-state index in [0.29, 0.717) is 31.6 Å². The second-order valence-electron chi connectivity index (χ2n) is 5.55. The molecule has 5 nitrogen and oxygen atoms in total. The lowest BCUT2D eigenvalue weighted by molar-refractivity contribution is -0.143. The van der Waals surface area contributed by atoms with E-state index in [1.807, 2.05) is 30.3 Å². The first kappa shape index (κ1) is 14.8. The van der Waals surface area contributed by atoms with E-state index in [2.05, 4.69) is 0 Å². The number of ether oxygens (including phenoxy) is 2. The van der Waals surface area contributed by atoms with Gasteiger partial charge in [0.05, 0.1) is 5.57 Å². The minimum Gasteiger partial charge on any atom is -0.483 e. The fourth-order valence-electron chi connectivity index (χ4n) is 2.81. The fraction of sp³-hybridized carbons (Fsp3) is 0.412. The van der Waals surface area contributed by atoms with Crippen LogP contribution in [0.3, 0.4) is 0 Å². The van der Waals surface area contributed by atoms with Crippen molar-refractivity contribution < 1.29 is 19.1 Å². The van der Waals surface area contributed by atoms with Gasteiger partial charge in [0.2, 0.25) is 0 Å². The summed E-state index contributed by atoms with van der Waals surface area (Å²) in [6.45, 7) is 3.11. The summed E-state index contributed by atoms with van der Waals surface area (Å²) in [4.78, 5) is 26.2. The van der Waals surface area contributed by atoms with E-state index < -0.39 is 0 Å². The van der Waals surface area contributed by atoms with Crippen molar-refractivity contribution in [2.75, 3.05) is 13.2 Å². The number of benzene rings is 1. The summed E-state index contributed by atoms with van der Waals surface area (Å²) in [5.74, 6) is -0.370. The molecule has 0 radical (unpaired) electrons. The lowest BCUT2D eigenvalue weighted by Crippen LogP contribution is -2.44. The molecule has 1 aromatic carbocycles. The number of nitrogens with zero attached hydrogens (tertiary/aromatic N) is 1. The van der Waals surface area contributed by atoms with Gasteiger partial charge in [-0.25, -0.2) is 0 Å². The molecule has 0 aliphatic carbocycles. The molecule has 0 aromatic heterocycles. The van der Waals surface area contributed by atoms with Crippen molar-refractivity contribution in [3.8, 4) is 0 Å². The van der Waals surface area contributed by atoms with Crippen LogP contribution in [0.5, 0.6) is 0 Å². The van der Waals surface area contributed by atoms with Gasteiger partial charge in [-0.3, -0.25) is 14.5 Å². The van der Waals surface area contributed by atoms with Crippen LogP contribution >= 0.6 is 0 Å². The van der Waals surface area contributed by atoms with Crippen molar-refractivity contribution in [2.24, 2.45) is 0 Å². The third kappa shape index (κ3) is 2.76. The Morgan fingerprint density at radius 3 is 2.50 bits per heavy atom. The molecule has 0 atom stereocenters. The van der Waals surface area contributed by atoms with Gasteiger partial charge in [-0.15, -0.1) is 0 Å². The summed E-state index contributed by atoms with van der Waals surface area (Å²) in [7, 11) is 0. The first-order valence-electron chi connectivity index (χ1n) is 7.51. The summed E-state index contributed by atoms with van der Waals surface area (Å²) in [5, 5.41) is 0. The lowest BCUT2D eigenvalue weighted by atomic mass is 10.1. The van der Waals surface area contributed by atoms with Gasteiger partial charge in [-0.05, 0) is 25.3 Å². The van der Waals surface area contributed by atoms with E-state index in [1.165, 1.54) is 4.90 Å². The summed E-state index contributed by atoms with van der Waals surface area (Å²) < 4.78 is 10.9. The average molecular weight is 301 g/mol. The van der Waals surface area contributed by atoms with E-state index in [4.69, 9.17) is 9.47 Å². The number of amides is 2. The maximum atomic E-state index is 12.5. The van der Waals surface area contributed by atoms with Gasteiger partial charge in [0.15, 0.2) is 5.76 Å². The molecule has 0 unspecified atom stereocenters. The van der Waals surface area contributed by atoms with Crippen molar-refractivity contribution in [1.82, 2.24) is 4.90 Å². The van der Waals surface area contributed by atoms with Gasteiger partial charge in [0.1, 0.15) is 6.61 Å². The van der Waals surface area contributed by atoms with E-state index >= 15 is 0 Å². The van der Waals surface area contributed by atoms with Gasteiger partial charge < -0.3 is 9.47 Å². The molecule has 3 rings (SSSR count). The summed E-state index contributed by atoms with van der Waals surface area (Å²) in [6.07, 6.45) is 1.38. The fourth-order valence-corrected chi connectivity index (χ4v) is 2.81. The molecular weight excluding hydrogens is 282 g/mol. The van der Waals surface area contributed by atoms with Crippen LogP contribution in [-0.4, -0.2) is 36.0 Å². The predicted molar refractivity (Wildman–Crippen MR) is 79.6 cm³/mol. The molecule has 0 saturated carbocycles. The van der Waals surface area contributed by atoms with Gasteiger partial charge in [-0.2, -0.15) is 0 Å². The zero-order chi connectivity index (χ0) is 15.5. The topological polar surface area (TPSA) is 55.8 Å². The molecule has 1 saturated heterocycles. The lowest BCUT2D eigenvalue weighted by Gasteiger charge is -2.29. The summed E-state index contributed by atoms with van der Waals surface area (Å²) in [5.41, 5.74) is 1.36. The van der Waals surface area contributed by atoms with Crippen LogP contribution in [0.4, 0.5) is 0 Å². The Balaban J connectivity index is 1.71. The largest absolute Gasteiger partial charge is 0.483 e. The highest BCUT2D eigenvalue weighted by Gasteiger charge is 2.41. The Hall–Kier alpha value is -2.14. The molecule has 0 N–H and O–H groups in total. The predicted octanol–water partition coefficient (Wildman–Crippen LogP) is 2.02. The number of imide groups is 1. The van der Waals surface area contributed by atoms with Crippen molar-refractivity contribution in [1.29, 1.82) is 0 Å². The Bertz CT molecular complexity index is 602. The Labute approximate surface area is 129 Å². The van der Waals surface area contributed by atoms with Gasteiger partial charge in [0.25, 0.3) is 11.8 Å². The zero-order valence-electron chi connectivity index (χ0n) is 12.6. The first-order chi connectivity index (χ1) is 10.7. The molecule has 0 bridgehead atoms. The zero-order valence-corrected chi connectivity index (χ0v) is 12.6.